The minimum atomic E-state index is 0.117. The molecule has 4 nitrogen and oxygen atoms in total. The van der Waals surface area contributed by atoms with Gasteiger partial charge in [-0.05, 0) is 44.6 Å². The van der Waals surface area contributed by atoms with Crippen LogP contribution in [0.3, 0.4) is 0 Å². The van der Waals surface area contributed by atoms with Crippen LogP contribution in [-0.4, -0.2) is 35.5 Å². The van der Waals surface area contributed by atoms with Crippen molar-refractivity contribution >= 4 is 17.2 Å². The third kappa shape index (κ3) is 3.78. The summed E-state index contributed by atoms with van der Waals surface area (Å²) in [6.45, 7) is 2.73. The van der Waals surface area contributed by atoms with Gasteiger partial charge in [0, 0.05) is 12.6 Å². The molecule has 2 heterocycles. The normalized spacial score (nSPS) is 17.8. The molecule has 1 aliphatic heterocycles. The van der Waals surface area contributed by atoms with Gasteiger partial charge in [-0.2, -0.15) is 0 Å². The largest absolute Gasteiger partial charge is 0.473 e. The third-order valence-corrected chi connectivity index (χ3v) is 5.75. The van der Waals surface area contributed by atoms with E-state index in [1.165, 1.54) is 23.3 Å². The highest BCUT2D eigenvalue weighted by molar-refractivity contribution is 7.15. The zero-order chi connectivity index (χ0) is 16.9. The van der Waals surface area contributed by atoms with Gasteiger partial charge in [-0.3, -0.25) is 4.79 Å². The summed E-state index contributed by atoms with van der Waals surface area (Å²) < 4.78 is 5.18. The van der Waals surface area contributed by atoms with Gasteiger partial charge in [0.1, 0.15) is 4.88 Å². The lowest BCUT2D eigenvalue weighted by Gasteiger charge is -2.35. The van der Waals surface area contributed by atoms with Gasteiger partial charge in [0.25, 0.3) is 11.1 Å². The number of benzene rings is 1. The van der Waals surface area contributed by atoms with Gasteiger partial charge in [-0.25, -0.2) is 4.98 Å². The predicted molar refractivity (Wildman–Crippen MR) is 96.8 cm³/mol. The van der Waals surface area contributed by atoms with Crippen molar-refractivity contribution in [2.45, 2.75) is 45.1 Å². The monoisotopic (exact) mass is 344 g/mol. The summed E-state index contributed by atoms with van der Waals surface area (Å²) in [6, 6.07) is 10.8. The predicted octanol–water partition coefficient (Wildman–Crippen LogP) is 4.09. The Kier molecular flexibility index (Phi) is 5.51. The number of amides is 1. The fourth-order valence-electron chi connectivity index (χ4n) is 3.33. The summed E-state index contributed by atoms with van der Waals surface area (Å²) in [5.41, 5.74) is 2.11. The highest BCUT2D eigenvalue weighted by Crippen LogP contribution is 2.29. The van der Waals surface area contributed by atoms with Crippen LogP contribution < -0.4 is 4.74 Å². The maximum Gasteiger partial charge on any atom is 0.273 e. The van der Waals surface area contributed by atoms with Crippen LogP contribution in [0.2, 0.25) is 0 Å². The Morgan fingerprint density at radius 2 is 2.12 bits per heavy atom. The molecule has 128 valence electrons. The van der Waals surface area contributed by atoms with Crippen molar-refractivity contribution in [3.05, 3.63) is 46.5 Å². The van der Waals surface area contributed by atoms with E-state index in [1.54, 1.807) is 7.11 Å². The minimum absolute atomic E-state index is 0.117. The van der Waals surface area contributed by atoms with Crippen molar-refractivity contribution in [1.82, 2.24) is 9.88 Å². The molecule has 0 bridgehead atoms. The van der Waals surface area contributed by atoms with E-state index in [2.05, 4.69) is 34.1 Å². The molecule has 0 aliphatic carbocycles. The third-order valence-electron chi connectivity index (χ3n) is 4.64. The first-order valence-corrected chi connectivity index (χ1v) is 9.37. The van der Waals surface area contributed by atoms with E-state index in [9.17, 15) is 4.79 Å². The van der Waals surface area contributed by atoms with Crippen LogP contribution >= 0.6 is 11.3 Å². The Morgan fingerprint density at radius 1 is 1.33 bits per heavy atom. The highest BCUT2D eigenvalue weighted by atomic mass is 32.1. The zero-order valence-corrected chi connectivity index (χ0v) is 15.1. The Bertz CT molecular complexity index is 684. The van der Waals surface area contributed by atoms with Gasteiger partial charge in [0.2, 0.25) is 0 Å². The summed E-state index contributed by atoms with van der Waals surface area (Å²) in [7, 11) is 1.59. The molecule has 1 saturated heterocycles. The minimum Gasteiger partial charge on any atom is -0.473 e. The number of hydrogen-bond acceptors (Lipinski definition) is 4. The molecule has 1 fully saturated rings. The highest BCUT2D eigenvalue weighted by Gasteiger charge is 2.29. The summed E-state index contributed by atoms with van der Waals surface area (Å²) in [5, 5.41) is 0.564. The number of nitrogens with zero attached hydrogens (tertiary/aromatic N) is 2. The molecule has 24 heavy (non-hydrogen) atoms. The van der Waals surface area contributed by atoms with Crippen LogP contribution in [0.25, 0.3) is 0 Å². The van der Waals surface area contributed by atoms with Gasteiger partial charge in [0.15, 0.2) is 0 Å². The van der Waals surface area contributed by atoms with E-state index in [4.69, 9.17) is 4.74 Å². The number of aryl methyl sites for hydroxylation is 2. The quantitative estimate of drug-likeness (QED) is 0.820. The van der Waals surface area contributed by atoms with Crippen molar-refractivity contribution in [2.24, 2.45) is 0 Å². The van der Waals surface area contributed by atoms with E-state index in [1.807, 2.05) is 13.0 Å². The lowest BCUT2D eigenvalue weighted by molar-refractivity contribution is 0.0606. The van der Waals surface area contributed by atoms with Crippen LogP contribution in [0.1, 0.15) is 46.6 Å². The van der Waals surface area contributed by atoms with Crippen LogP contribution in [0.15, 0.2) is 30.3 Å². The smallest absolute Gasteiger partial charge is 0.273 e. The first-order chi connectivity index (χ1) is 11.7. The molecule has 0 radical (unpaired) electrons. The fourth-order valence-corrected chi connectivity index (χ4v) is 4.17. The molecule has 0 N–H and O–H groups in total. The number of ether oxygens (including phenoxy) is 1. The molecule has 1 atom stereocenters. The van der Waals surface area contributed by atoms with Crippen molar-refractivity contribution in [1.29, 1.82) is 0 Å². The molecule has 3 rings (SSSR count). The van der Waals surface area contributed by atoms with Gasteiger partial charge < -0.3 is 9.64 Å². The number of piperidine rings is 1. The number of likely N-dealkylation sites (tertiary alicyclic amines) is 1. The summed E-state index contributed by atoms with van der Waals surface area (Å²) in [6.07, 6.45) is 5.41. The van der Waals surface area contributed by atoms with Crippen LogP contribution in [0, 0.1) is 6.92 Å². The van der Waals surface area contributed by atoms with E-state index >= 15 is 0 Å². The standard InChI is InChI=1S/C19H24N2O2S/c1-14-17(24-19(20-14)23-2)18(22)21-13-7-6-10-16(21)12-11-15-8-4-3-5-9-15/h3-5,8-9,16H,6-7,10-13H2,1-2H3. The van der Waals surface area contributed by atoms with Gasteiger partial charge in [-0.15, -0.1) is 0 Å². The maximum absolute atomic E-state index is 13.0. The Hall–Kier alpha value is -1.88. The average Bonchev–Trinajstić information content (AvgIpc) is 3.01. The number of rotatable bonds is 5. The van der Waals surface area contributed by atoms with Gasteiger partial charge in [0.05, 0.1) is 12.8 Å². The van der Waals surface area contributed by atoms with Crippen LogP contribution in [0.5, 0.6) is 5.19 Å². The summed E-state index contributed by atoms with van der Waals surface area (Å²) in [5.74, 6) is 0.117. The molecular formula is C19H24N2O2S. The second kappa shape index (κ2) is 7.79. The fraction of sp³-hybridized carbons (Fsp3) is 0.474. The van der Waals surface area contributed by atoms with Crippen molar-refractivity contribution in [3.8, 4) is 5.19 Å². The Morgan fingerprint density at radius 3 is 2.83 bits per heavy atom. The topological polar surface area (TPSA) is 42.4 Å². The molecule has 5 heteroatoms. The first kappa shape index (κ1) is 17.0. The van der Waals surface area contributed by atoms with Crippen molar-refractivity contribution in [3.63, 3.8) is 0 Å². The molecular weight excluding hydrogens is 320 g/mol. The summed E-state index contributed by atoms with van der Waals surface area (Å²) in [4.78, 5) is 20.1. The number of aromatic nitrogens is 1. The molecule has 1 aromatic carbocycles. The second-order valence-electron chi connectivity index (χ2n) is 6.27. The molecule has 0 spiro atoms. The second-order valence-corrected chi connectivity index (χ2v) is 7.23. The van der Waals surface area contributed by atoms with Crippen molar-refractivity contribution in [2.75, 3.05) is 13.7 Å². The SMILES string of the molecule is COc1nc(C)c(C(=O)N2CCCCC2CCc2ccccc2)s1. The first-order valence-electron chi connectivity index (χ1n) is 8.55. The van der Waals surface area contributed by atoms with E-state index < -0.39 is 0 Å². The average molecular weight is 344 g/mol. The van der Waals surface area contributed by atoms with Crippen LogP contribution in [-0.2, 0) is 6.42 Å². The number of thiazole rings is 1. The van der Waals surface area contributed by atoms with E-state index in [0.29, 0.717) is 11.2 Å². The van der Waals surface area contributed by atoms with Gasteiger partial charge >= 0.3 is 0 Å². The lowest BCUT2D eigenvalue weighted by atomic mass is 9.95. The summed E-state index contributed by atoms with van der Waals surface area (Å²) >= 11 is 1.35. The molecule has 1 aliphatic rings. The molecule has 1 aromatic heterocycles. The molecule has 2 aromatic rings. The Balaban J connectivity index is 1.71. The van der Waals surface area contributed by atoms with E-state index in [0.717, 1.165) is 42.8 Å². The molecule has 0 saturated carbocycles. The Labute approximate surface area is 147 Å². The lowest BCUT2D eigenvalue weighted by Crippen LogP contribution is -2.43. The number of hydrogen-bond donors (Lipinski definition) is 0. The number of carbonyl (C=O) groups is 1. The molecule has 1 amide bonds. The van der Waals surface area contributed by atoms with Crippen LogP contribution in [0.4, 0.5) is 0 Å². The van der Waals surface area contributed by atoms with Crippen molar-refractivity contribution < 1.29 is 9.53 Å². The molecule has 1 unspecified atom stereocenters. The van der Waals surface area contributed by atoms with Gasteiger partial charge in [-0.1, -0.05) is 41.7 Å². The van der Waals surface area contributed by atoms with E-state index in [-0.39, 0.29) is 5.91 Å². The maximum atomic E-state index is 13.0. The number of methoxy groups -OCH3 is 1. The number of carbonyl (C=O) groups excluding carboxylic acids is 1. The zero-order valence-electron chi connectivity index (χ0n) is 14.3.